The Morgan fingerprint density at radius 2 is 2.05 bits per heavy atom. The fourth-order valence-corrected chi connectivity index (χ4v) is 4.61. The molecule has 0 N–H and O–H groups in total. The zero-order valence-electron chi connectivity index (χ0n) is 11.7. The molecule has 0 fully saturated rings. The van der Waals surface area contributed by atoms with E-state index in [1.54, 1.807) is 7.11 Å². The molecule has 0 saturated heterocycles. The summed E-state index contributed by atoms with van der Waals surface area (Å²) in [6.45, 7) is 0.761. The van der Waals surface area contributed by atoms with Crippen LogP contribution >= 0.6 is 31.9 Å². The Hall–Kier alpha value is -1.00. The third kappa shape index (κ3) is 2.97. The number of hydrogen-bond donors (Lipinski definition) is 0. The summed E-state index contributed by atoms with van der Waals surface area (Å²) in [5, 5.41) is 0. The van der Waals surface area contributed by atoms with E-state index in [1.807, 2.05) is 24.3 Å². The smallest absolute Gasteiger partial charge is 0.122 e. The molecule has 2 aromatic rings. The Balaban J connectivity index is 1.94. The van der Waals surface area contributed by atoms with Crippen molar-refractivity contribution in [2.24, 2.45) is 0 Å². The average Bonchev–Trinajstić information content (AvgIpc) is 2.53. The zero-order chi connectivity index (χ0) is 14.8. The molecule has 0 aromatic heterocycles. The van der Waals surface area contributed by atoms with E-state index < -0.39 is 0 Å². The second-order valence-corrected chi connectivity index (χ2v) is 6.91. The molecule has 2 unspecified atom stereocenters. The summed E-state index contributed by atoms with van der Waals surface area (Å²) in [5.41, 5.74) is 2.51. The molecular formula is C17H16Br2O2. The van der Waals surface area contributed by atoms with Crippen LogP contribution in [0.2, 0.25) is 0 Å². The molecule has 0 saturated carbocycles. The lowest BCUT2D eigenvalue weighted by molar-refractivity contribution is 0.266. The lowest BCUT2D eigenvalue weighted by Gasteiger charge is -2.30. The number of fused-ring (bicyclic) bond motifs is 1. The van der Waals surface area contributed by atoms with Crippen LogP contribution in [0.3, 0.4) is 0 Å². The summed E-state index contributed by atoms with van der Waals surface area (Å²) in [5.74, 6) is 2.26. The minimum absolute atomic E-state index is 0.239. The maximum atomic E-state index is 5.75. The van der Waals surface area contributed by atoms with Crippen molar-refractivity contribution < 1.29 is 9.47 Å². The number of para-hydroxylation sites is 1. The van der Waals surface area contributed by atoms with Crippen LogP contribution in [0.15, 0.2) is 46.9 Å². The lowest BCUT2D eigenvalue weighted by Crippen LogP contribution is -2.17. The van der Waals surface area contributed by atoms with Crippen LogP contribution in [0.1, 0.15) is 28.3 Å². The van der Waals surface area contributed by atoms with Crippen molar-refractivity contribution in [1.29, 1.82) is 0 Å². The molecule has 1 aliphatic heterocycles. The van der Waals surface area contributed by atoms with Gasteiger partial charge in [-0.1, -0.05) is 56.1 Å². The summed E-state index contributed by atoms with van der Waals surface area (Å²) in [7, 11) is 1.68. The van der Waals surface area contributed by atoms with Gasteiger partial charge < -0.3 is 9.47 Å². The highest BCUT2D eigenvalue weighted by molar-refractivity contribution is 9.11. The van der Waals surface area contributed by atoms with E-state index in [0.29, 0.717) is 5.92 Å². The number of hydrogen-bond acceptors (Lipinski definition) is 2. The first-order valence-corrected chi connectivity index (χ1v) is 8.61. The number of alkyl halides is 1. The van der Waals surface area contributed by atoms with Crippen LogP contribution in [-0.2, 0) is 0 Å². The minimum Gasteiger partial charge on any atom is -0.497 e. The van der Waals surface area contributed by atoms with E-state index in [0.717, 1.165) is 29.0 Å². The number of benzene rings is 2. The summed E-state index contributed by atoms with van der Waals surface area (Å²) in [6, 6.07) is 14.4. The van der Waals surface area contributed by atoms with Gasteiger partial charge in [-0.25, -0.2) is 0 Å². The number of rotatable bonds is 3. The van der Waals surface area contributed by atoms with Crippen LogP contribution in [0.5, 0.6) is 11.5 Å². The van der Waals surface area contributed by atoms with Gasteiger partial charge in [0.1, 0.15) is 11.5 Å². The quantitative estimate of drug-likeness (QED) is 0.624. The fourth-order valence-electron chi connectivity index (χ4n) is 2.75. The first-order chi connectivity index (χ1) is 10.2. The number of methoxy groups -OCH3 is 1. The van der Waals surface area contributed by atoms with Crippen LogP contribution in [-0.4, -0.2) is 13.7 Å². The SMILES string of the molecule is COc1ccc(C(Br)C2CCOc3ccccc32)c(Br)c1. The number of ether oxygens (including phenoxy) is 2. The van der Waals surface area contributed by atoms with E-state index in [1.165, 1.54) is 11.1 Å². The molecule has 2 atom stereocenters. The Kier molecular flexibility index (Phi) is 4.55. The van der Waals surface area contributed by atoms with Crippen molar-refractivity contribution in [3.05, 3.63) is 58.1 Å². The van der Waals surface area contributed by atoms with Gasteiger partial charge in [-0.15, -0.1) is 0 Å². The third-order valence-electron chi connectivity index (χ3n) is 3.86. The lowest BCUT2D eigenvalue weighted by atomic mass is 9.87. The van der Waals surface area contributed by atoms with Crippen molar-refractivity contribution in [2.75, 3.05) is 13.7 Å². The fraction of sp³-hybridized carbons (Fsp3) is 0.294. The molecule has 2 nitrogen and oxygen atoms in total. The molecular weight excluding hydrogens is 396 g/mol. The molecule has 0 aliphatic carbocycles. The topological polar surface area (TPSA) is 18.5 Å². The normalized spacial score (nSPS) is 18.5. The summed E-state index contributed by atoms with van der Waals surface area (Å²) < 4.78 is 12.1. The highest BCUT2D eigenvalue weighted by atomic mass is 79.9. The third-order valence-corrected chi connectivity index (χ3v) is 5.68. The first kappa shape index (κ1) is 14.9. The Labute approximate surface area is 141 Å². The van der Waals surface area contributed by atoms with Gasteiger partial charge in [0.05, 0.1) is 13.7 Å². The molecule has 3 rings (SSSR count). The molecule has 4 heteroatoms. The highest BCUT2D eigenvalue weighted by Gasteiger charge is 2.29. The second-order valence-electron chi connectivity index (χ2n) is 5.07. The van der Waals surface area contributed by atoms with Crippen LogP contribution in [0, 0.1) is 0 Å². The summed E-state index contributed by atoms with van der Waals surface area (Å²) >= 11 is 7.54. The minimum atomic E-state index is 0.239. The standard InChI is InChI=1S/C17H16Br2O2/c1-20-11-6-7-14(15(18)10-11)17(19)13-8-9-21-16-5-3-2-4-12(13)16/h2-7,10,13,17H,8-9H2,1H3. The monoisotopic (exact) mass is 410 g/mol. The van der Waals surface area contributed by atoms with E-state index >= 15 is 0 Å². The van der Waals surface area contributed by atoms with Crippen LogP contribution in [0.25, 0.3) is 0 Å². The molecule has 21 heavy (non-hydrogen) atoms. The van der Waals surface area contributed by atoms with Crippen molar-refractivity contribution in [1.82, 2.24) is 0 Å². The molecule has 110 valence electrons. The Morgan fingerprint density at radius 1 is 1.24 bits per heavy atom. The van der Waals surface area contributed by atoms with Gasteiger partial charge in [0.25, 0.3) is 0 Å². The van der Waals surface area contributed by atoms with Gasteiger partial charge in [0.15, 0.2) is 0 Å². The van der Waals surface area contributed by atoms with Gasteiger partial charge in [-0.2, -0.15) is 0 Å². The van der Waals surface area contributed by atoms with Gasteiger partial charge in [0.2, 0.25) is 0 Å². The second kappa shape index (κ2) is 6.41. The zero-order valence-corrected chi connectivity index (χ0v) is 14.9. The number of halogens is 2. The largest absolute Gasteiger partial charge is 0.497 e. The van der Waals surface area contributed by atoms with Crippen LogP contribution in [0.4, 0.5) is 0 Å². The van der Waals surface area contributed by atoms with E-state index in [9.17, 15) is 0 Å². The van der Waals surface area contributed by atoms with Crippen molar-refractivity contribution in [2.45, 2.75) is 17.2 Å². The Bertz CT molecular complexity index is 642. The molecule has 0 radical (unpaired) electrons. The first-order valence-electron chi connectivity index (χ1n) is 6.90. The predicted molar refractivity (Wildman–Crippen MR) is 91.7 cm³/mol. The molecule has 1 heterocycles. The van der Waals surface area contributed by atoms with E-state index in [-0.39, 0.29) is 4.83 Å². The maximum absolute atomic E-state index is 5.75. The van der Waals surface area contributed by atoms with Crippen LogP contribution < -0.4 is 9.47 Å². The maximum Gasteiger partial charge on any atom is 0.122 e. The van der Waals surface area contributed by atoms with Gasteiger partial charge in [-0.05, 0) is 35.7 Å². The van der Waals surface area contributed by atoms with Crippen molar-refractivity contribution in [3.63, 3.8) is 0 Å². The van der Waals surface area contributed by atoms with Gasteiger partial charge in [-0.3, -0.25) is 0 Å². The Morgan fingerprint density at radius 3 is 2.81 bits per heavy atom. The predicted octanol–water partition coefficient (Wildman–Crippen LogP) is 5.46. The molecule has 0 spiro atoms. The van der Waals surface area contributed by atoms with Crippen molar-refractivity contribution in [3.8, 4) is 11.5 Å². The molecule has 2 aromatic carbocycles. The molecule has 0 bridgehead atoms. The average molecular weight is 412 g/mol. The van der Waals surface area contributed by atoms with Crippen molar-refractivity contribution >= 4 is 31.9 Å². The summed E-state index contributed by atoms with van der Waals surface area (Å²) in [4.78, 5) is 0.239. The van der Waals surface area contributed by atoms with Gasteiger partial charge in [0, 0.05) is 15.2 Å². The van der Waals surface area contributed by atoms with E-state index in [2.05, 4.69) is 50.1 Å². The van der Waals surface area contributed by atoms with Gasteiger partial charge >= 0.3 is 0 Å². The summed E-state index contributed by atoms with van der Waals surface area (Å²) in [6.07, 6.45) is 1.01. The molecule has 1 aliphatic rings. The van der Waals surface area contributed by atoms with E-state index in [4.69, 9.17) is 9.47 Å². The molecule has 0 amide bonds. The highest BCUT2D eigenvalue weighted by Crippen LogP contribution is 2.47.